The molecule has 0 aliphatic heterocycles. The first kappa shape index (κ1) is 17.5. The van der Waals surface area contributed by atoms with Gasteiger partial charge in [0.1, 0.15) is 5.82 Å². The van der Waals surface area contributed by atoms with E-state index < -0.39 is 0 Å². The number of hydrogen-bond acceptors (Lipinski definition) is 4. The molecule has 0 spiro atoms. The number of aryl methyl sites for hydroxylation is 1. The number of thioether (sulfide) groups is 1. The van der Waals surface area contributed by atoms with E-state index in [1.807, 2.05) is 37.0 Å². The fourth-order valence-corrected chi connectivity index (χ4v) is 2.97. The maximum Gasteiger partial charge on any atom is 0.225 e. The van der Waals surface area contributed by atoms with Crippen LogP contribution in [0.3, 0.4) is 0 Å². The fraction of sp³-hybridized carbons (Fsp3) is 0.471. The van der Waals surface area contributed by atoms with Crippen molar-refractivity contribution in [3.63, 3.8) is 0 Å². The number of anilines is 1. The van der Waals surface area contributed by atoms with Crippen molar-refractivity contribution in [2.75, 3.05) is 11.1 Å². The van der Waals surface area contributed by atoms with Crippen LogP contribution >= 0.6 is 11.8 Å². The molecule has 0 radical (unpaired) electrons. The van der Waals surface area contributed by atoms with Gasteiger partial charge >= 0.3 is 0 Å². The largest absolute Gasteiger partial charge is 0.311 e. The van der Waals surface area contributed by atoms with E-state index in [0.717, 1.165) is 23.4 Å². The first-order chi connectivity index (χ1) is 10.8. The number of nitrogens with zero attached hydrogens (tertiary/aromatic N) is 3. The predicted molar refractivity (Wildman–Crippen MR) is 96.5 cm³/mol. The molecule has 1 amide bonds. The minimum Gasteiger partial charge on any atom is -0.311 e. The van der Waals surface area contributed by atoms with Crippen molar-refractivity contribution in [3.05, 3.63) is 30.6 Å². The van der Waals surface area contributed by atoms with Gasteiger partial charge in [-0.25, -0.2) is 0 Å². The second kappa shape index (κ2) is 7.64. The van der Waals surface area contributed by atoms with Crippen LogP contribution in [0.2, 0.25) is 0 Å². The molecule has 0 saturated carbocycles. The van der Waals surface area contributed by atoms with Crippen molar-refractivity contribution in [1.82, 2.24) is 14.8 Å². The second-order valence-corrected chi connectivity index (χ2v) is 8.31. The van der Waals surface area contributed by atoms with E-state index in [4.69, 9.17) is 0 Å². The Balaban J connectivity index is 1.88. The van der Waals surface area contributed by atoms with Gasteiger partial charge in [0, 0.05) is 42.2 Å². The molecule has 6 heteroatoms. The van der Waals surface area contributed by atoms with Gasteiger partial charge in [-0.2, -0.15) is 16.9 Å². The van der Waals surface area contributed by atoms with Crippen molar-refractivity contribution in [2.24, 2.45) is 7.05 Å². The van der Waals surface area contributed by atoms with Crippen molar-refractivity contribution < 1.29 is 4.79 Å². The number of rotatable bonds is 6. The third-order valence-electron chi connectivity index (χ3n) is 3.21. The highest BCUT2D eigenvalue weighted by Crippen LogP contribution is 2.24. The highest BCUT2D eigenvalue weighted by molar-refractivity contribution is 8.00. The van der Waals surface area contributed by atoms with Crippen molar-refractivity contribution in [1.29, 1.82) is 0 Å². The summed E-state index contributed by atoms with van der Waals surface area (Å²) < 4.78 is 1.94. The summed E-state index contributed by atoms with van der Waals surface area (Å²) in [7, 11) is 1.83. The number of amides is 1. The quantitative estimate of drug-likeness (QED) is 0.819. The minimum absolute atomic E-state index is 0.0313. The van der Waals surface area contributed by atoms with E-state index >= 15 is 0 Å². The summed E-state index contributed by atoms with van der Waals surface area (Å²) in [6, 6.07) is 5.69. The van der Waals surface area contributed by atoms with E-state index in [0.29, 0.717) is 12.2 Å². The molecular formula is C17H24N4OS. The summed E-state index contributed by atoms with van der Waals surface area (Å²) in [5.41, 5.74) is 1.81. The maximum absolute atomic E-state index is 12.1. The molecule has 23 heavy (non-hydrogen) atoms. The van der Waals surface area contributed by atoms with Gasteiger partial charge in [-0.15, -0.1) is 0 Å². The molecule has 0 bridgehead atoms. The summed E-state index contributed by atoms with van der Waals surface area (Å²) in [5, 5.41) is 7.37. The van der Waals surface area contributed by atoms with Crippen LogP contribution in [0.5, 0.6) is 0 Å². The first-order valence-corrected chi connectivity index (χ1v) is 8.72. The number of hydrogen-bond donors (Lipinski definition) is 1. The van der Waals surface area contributed by atoms with Crippen LogP contribution in [-0.2, 0) is 11.8 Å². The number of carbonyl (C=O) groups is 1. The maximum atomic E-state index is 12.1. The Bertz CT molecular complexity index is 646. The topological polar surface area (TPSA) is 59.8 Å². The molecule has 124 valence electrons. The van der Waals surface area contributed by atoms with Gasteiger partial charge in [-0.05, 0) is 24.3 Å². The Hall–Kier alpha value is -1.82. The molecule has 2 aromatic rings. The van der Waals surface area contributed by atoms with E-state index in [9.17, 15) is 4.79 Å². The van der Waals surface area contributed by atoms with Crippen molar-refractivity contribution in [3.8, 4) is 11.3 Å². The van der Waals surface area contributed by atoms with Gasteiger partial charge < -0.3 is 5.32 Å². The molecule has 1 N–H and O–H groups in total. The lowest BCUT2D eigenvalue weighted by molar-refractivity contribution is -0.116. The van der Waals surface area contributed by atoms with Crippen LogP contribution in [-0.4, -0.2) is 31.2 Å². The summed E-state index contributed by atoms with van der Waals surface area (Å²) in [4.78, 5) is 16.1. The van der Waals surface area contributed by atoms with Gasteiger partial charge in [0.2, 0.25) is 5.91 Å². The summed E-state index contributed by atoms with van der Waals surface area (Å²) in [5.74, 6) is 1.74. The standard InChI is InChI=1S/C17H24N4OS/c1-17(2,3)23-11-5-6-16(22)19-15-12-14(20-21(15)4)13-7-9-18-10-8-13/h7-10,12H,5-6,11H2,1-4H3,(H,19,22). The molecule has 0 fully saturated rings. The number of carbonyl (C=O) groups excluding carboxylic acids is 1. The van der Waals surface area contributed by atoms with Crippen LogP contribution < -0.4 is 5.32 Å². The van der Waals surface area contributed by atoms with E-state index in [1.165, 1.54) is 0 Å². The molecule has 0 aliphatic carbocycles. The van der Waals surface area contributed by atoms with Gasteiger partial charge in [0.25, 0.3) is 0 Å². The number of pyridine rings is 1. The monoisotopic (exact) mass is 332 g/mol. The van der Waals surface area contributed by atoms with Gasteiger partial charge in [-0.1, -0.05) is 20.8 Å². The van der Waals surface area contributed by atoms with Crippen molar-refractivity contribution >= 4 is 23.5 Å². The lowest BCUT2D eigenvalue weighted by Crippen LogP contribution is -2.15. The molecule has 0 saturated heterocycles. The molecule has 0 aromatic carbocycles. The Labute approximate surface area is 141 Å². The molecule has 2 heterocycles. The summed E-state index contributed by atoms with van der Waals surface area (Å²) >= 11 is 1.88. The Morgan fingerprint density at radius 1 is 1.30 bits per heavy atom. The summed E-state index contributed by atoms with van der Waals surface area (Å²) in [6.07, 6.45) is 4.87. The van der Waals surface area contributed by atoms with E-state index in [1.54, 1.807) is 17.1 Å². The van der Waals surface area contributed by atoms with Gasteiger partial charge in [0.05, 0.1) is 5.69 Å². The number of aromatic nitrogens is 3. The predicted octanol–water partition coefficient (Wildman–Crippen LogP) is 3.73. The first-order valence-electron chi connectivity index (χ1n) is 7.73. The van der Waals surface area contributed by atoms with Crippen LogP contribution in [0.4, 0.5) is 5.82 Å². The molecule has 0 atom stereocenters. The van der Waals surface area contributed by atoms with Crippen LogP contribution in [0.15, 0.2) is 30.6 Å². The van der Waals surface area contributed by atoms with E-state index in [2.05, 4.69) is 36.2 Å². The zero-order valence-corrected chi connectivity index (χ0v) is 15.0. The second-order valence-electron chi connectivity index (χ2n) is 6.39. The molecule has 2 aromatic heterocycles. The SMILES string of the molecule is Cn1nc(-c2ccncc2)cc1NC(=O)CCCSC(C)(C)C. The minimum atomic E-state index is 0.0313. The molecule has 0 aliphatic rings. The van der Waals surface area contributed by atoms with Crippen LogP contribution in [0, 0.1) is 0 Å². The van der Waals surface area contributed by atoms with Crippen LogP contribution in [0.1, 0.15) is 33.6 Å². The number of nitrogens with one attached hydrogen (secondary N) is 1. The lowest BCUT2D eigenvalue weighted by atomic mass is 10.2. The van der Waals surface area contributed by atoms with E-state index in [-0.39, 0.29) is 10.7 Å². The average molecular weight is 332 g/mol. The zero-order valence-electron chi connectivity index (χ0n) is 14.2. The van der Waals surface area contributed by atoms with Crippen molar-refractivity contribution in [2.45, 2.75) is 38.4 Å². The lowest BCUT2D eigenvalue weighted by Gasteiger charge is -2.17. The Morgan fingerprint density at radius 2 is 2.00 bits per heavy atom. The van der Waals surface area contributed by atoms with Gasteiger partial charge in [0.15, 0.2) is 0 Å². The Kier molecular flexibility index (Phi) is 5.82. The normalized spacial score (nSPS) is 11.5. The van der Waals surface area contributed by atoms with Crippen LogP contribution in [0.25, 0.3) is 11.3 Å². The smallest absolute Gasteiger partial charge is 0.225 e. The average Bonchev–Trinajstić information content (AvgIpc) is 2.85. The third-order valence-corrected chi connectivity index (χ3v) is 4.57. The van der Waals surface area contributed by atoms with Gasteiger partial charge in [-0.3, -0.25) is 14.5 Å². The summed E-state index contributed by atoms with van der Waals surface area (Å²) in [6.45, 7) is 6.57. The fourth-order valence-electron chi connectivity index (χ4n) is 2.06. The Morgan fingerprint density at radius 3 is 2.65 bits per heavy atom. The molecule has 0 unspecified atom stereocenters. The highest BCUT2D eigenvalue weighted by Gasteiger charge is 2.12. The molecule has 5 nitrogen and oxygen atoms in total. The zero-order chi connectivity index (χ0) is 16.9. The third kappa shape index (κ3) is 5.71. The highest BCUT2D eigenvalue weighted by atomic mass is 32.2. The molecular weight excluding hydrogens is 308 g/mol. The molecule has 2 rings (SSSR count).